The van der Waals surface area contributed by atoms with E-state index in [0.717, 1.165) is 30.2 Å². The first-order valence-corrected chi connectivity index (χ1v) is 10.9. The van der Waals surface area contributed by atoms with Gasteiger partial charge in [-0.2, -0.15) is 0 Å². The van der Waals surface area contributed by atoms with Gasteiger partial charge in [-0.25, -0.2) is 4.79 Å². The molecule has 1 N–H and O–H groups in total. The van der Waals surface area contributed by atoms with E-state index in [1.807, 2.05) is 0 Å². The second kappa shape index (κ2) is 10.8. The zero-order valence-corrected chi connectivity index (χ0v) is 18.3. The Kier molecular flexibility index (Phi) is 8.76. The highest BCUT2D eigenvalue weighted by Crippen LogP contribution is 2.35. The third kappa shape index (κ3) is 6.21. The normalized spacial score (nSPS) is 17.8. The van der Waals surface area contributed by atoms with E-state index < -0.39 is 24.3 Å². The highest BCUT2D eigenvalue weighted by Gasteiger charge is 2.30. The Labute approximate surface area is 174 Å². The molecule has 156 valence electrons. The molecule has 1 aromatic rings. The van der Waals surface area contributed by atoms with Crippen molar-refractivity contribution in [1.29, 1.82) is 0 Å². The Morgan fingerprint density at radius 3 is 2.68 bits per heavy atom. The van der Waals surface area contributed by atoms with E-state index in [2.05, 4.69) is 15.9 Å². The van der Waals surface area contributed by atoms with Crippen molar-refractivity contribution in [3.05, 3.63) is 23.3 Å². The molecule has 0 bridgehead atoms. The average molecular weight is 457 g/mol. The number of alkyl halides is 1. The summed E-state index contributed by atoms with van der Waals surface area (Å²) in [6.45, 7) is 5.24. The summed E-state index contributed by atoms with van der Waals surface area (Å²) in [6.07, 6.45) is 1.99. The van der Waals surface area contributed by atoms with Crippen LogP contribution in [0.3, 0.4) is 0 Å². The van der Waals surface area contributed by atoms with E-state index in [-0.39, 0.29) is 5.78 Å². The zero-order valence-electron chi connectivity index (χ0n) is 16.7. The predicted molar refractivity (Wildman–Crippen MR) is 110 cm³/mol. The van der Waals surface area contributed by atoms with Crippen molar-refractivity contribution in [2.24, 2.45) is 0 Å². The molecule has 1 aromatic carbocycles. The number of hydrogen-bond donors (Lipinski definition) is 1. The van der Waals surface area contributed by atoms with E-state index in [1.54, 1.807) is 26.0 Å². The maximum Gasteiger partial charge on any atom is 0.347 e. The second-order valence-electron chi connectivity index (χ2n) is 7.14. The van der Waals surface area contributed by atoms with Gasteiger partial charge in [-0.15, -0.1) is 0 Å². The predicted octanol–water partition coefficient (Wildman–Crippen LogP) is 3.84. The number of halogens is 1. The Bertz CT molecular complexity index is 688. The Hall–Kier alpha value is -1.60. The molecule has 0 spiro atoms. The number of aliphatic hydroxyl groups is 1. The summed E-state index contributed by atoms with van der Waals surface area (Å²) in [4.78, 5) is 24.3. The Balaban J connectivity index is 2.10. The molecule has 1 unspecified atom stereocenters. The summed E-state index contributed by atoms with van der Waals surface area (Å²) in [7, 11) is 0. The van der Waals surface area contributed by atoms with Crippen LogP contribution in [0.4, 0.5) is 0 Å². The van der Waals surface area contributed by atoms with Crippen molar-refractivity contribution in [3.8, 4) is 11.5 Å². The lowest BCUT2D eigenvalue weighted by atomic mass is 9.98. The van der Waals surface area contributed by atoms with Gasteiger partial charge in [0.2, 0.25) is 0 Å². The van der Waals surface area contributed by atoms with E-state index in [1.165, 1.54) is 6.92 Å². The summed E-state index contributed by atoms with van der Waals surface area (Å²) in [5, 5.41) is 10.5. The van der Waals surface area contributed by atoms with Gasteiger partial charge in [0.05, 0.1) is 18.3 Å². The molecule has 0 saturated carbocycles. The van der Waals surface area contributed by atoms with Gasteiger partial charge in [0.1, 0.15) is 17.6 Å². The van der Waals surface area contributed by atoms with Crippen LogP contribution in [0.25, 0.3) is 0 Å². The van der Waals surface area contributed by atoms with Crippen molar-refractivity contribution in [3.63, 3.8) is 0 Å². The van der Waals surface area contributed by atoms with E-state index in [0.29, 0.717) is 36.5 Å². The van der Waals surface area contributed by atoms with Gasteiger partial charge < -0.3 is 19.3 Å². The van der Waals surface area contributed by atoms with Crippen molar-refractivity contribution >= 4 is 27.7 Å². The largest absolute Gasteiger partial charge is 0.493 e. The van der Waals surface area contributed by atoms with Crippen LogP contribution in [0, 0.1) is 0 Å². The molecule has 28 heavy (non-hydrogen) atoms. The fraction of sp³-hybridized carbons (Fsp3) is 0.619. The third-order valence-corrected chi connectivity index (χ3v) is 5.33. The van der Waals surface area contributed by atoms with Crippen LogP contribution in [-0.2, 0) is 16.0 Å². The molecule has 3 atom stereocenters. The van der Waals surface area contributed by atoms with Crippen LogP contribution in [0.15, 0.2) is 12.1 Å². The number of carbonyl (C=O) groups is 2. The Morgan fingerprint density at radius 1 is 1.29 bits per heavy atom. The number of aliphatic hydroxyl groups excluding tert-OH is 1. The quantitative estimate of drug-likeness (QED) is 0.249. The summed E-state index contributed by atoms with van der Waals surface area (Å²) < 4.78 is 16.9. The molecule has 0 fully saturated rings. The van der Waals surface area contributed by atoms with Crippen LogP contribution in [-0.4, -0.2) is 47.1 Å². The topological polar surface area (TPSA) is 82.1 Å². The van der Waals surface area contributed by atoms with Gasteiger partial charge in [0, 0.05) is 11.4 Å². The number of hydrogen-bond acceptors (Lipinski definition) is 6. The molecule has 1 aliphatic rings. The Morgan fingerprint density at radius 2 is 2.04 bits per heavy atom. The van der Waals surface area contributed by atoms with Crippen LogP contribution in [0.5, 0.6) is 11.5 Å². The van der Waals surface area contributed by atoms with Crippen LogP contribution >= 0.6 is 15.9 Å². The number of ketones is 1. The van der Waals surface area contributed by atoms with Gasteiger partial charge in [-0.3, -0.25) is 4.79 Å². The van der Waals surface area contributed by atoms with Gasteiger partial charge in [0.15, 0.2) is 11.9 Å². The summed E-state index contributed by atoms with van der Waals surface area (Å²) >= 11 is 3.40. The zero-order chi connectivity index (χ0) is 20.7. The summed E-state index contributed by atoms with van der Waals surface area (Å²) in [5.41, 5.74) is 1.41. The molecule has 6 nitrogen and oxygen atoms in total. The number of rotatable bonds is 10. The highest BCUT2D eigenvalue weighted by atomic mass is 79.9. The minimum atomic E-state index is -0.748. The SMILES string of the molecule is CC(=O)c1cc2c(cc1OCCCCCBr)O[C@@H](C(=O)O[C@H](C)C(C)O)CC2. The van der Waals surface area contributed by atoms with Crippen LogP contribution < -0.4 is 9.47 Å². The molecule has 0 aliphatic carbocycles. The van der Waals surface area contributed by atoms with Crippen molar-refractivity contribution in [2.75, 3.05) is 11.9 Å². The standard InChI is InChI=1S/C21H29BrO6/c1-13(23)15(3)27-21(25)18-8-7-16-11-17(14(2)24)20(12-19(16)28-18)26-10-6-4-5-9-22/h11-13,15,18,23H,4-10H2,1-3H3/t13?,15-,18-/m1/s1. The van der Waals surface area contributed by atoms with Gasteiger partial charge in [-0.1, -0.05) is 15.9 Å². The van der Waals surface area contributed by atoms with Crippen LogP contribution in [0.1, 0.15) is 62.4 Å². The van der Waals surface area contributed by atoms with Crippen molar-refractivity contribution in [2.45, 2.75) is 71.2 Å². The van der Waals surface area contributed by atoms with Gasteiger partial charge >= 0.3 is 5.97 Å². The molecular formula is C21H29BrO6. The van der Waals surface area contributed by atoms with E-state index in [9.17, 15) is 14.7 Å². The van der Waals surface area contributed by atoms with Crippen molar-refractivity contribution < 1.29 is 28.9 Å². The number of carbonyl (C=O) groups excluding carboxylic acids is 2. The second-order valence-corrected chi connectivity index (χ2v) is 7.93. The fourth-order valence-corrected chi connectivity index (χ4v) is 3.28. The van der Waals surface area contributed by atoms with Gasteiger partial charge in [0.25, 0.3) is 0 Å². The molecule has 0 amide bonds. The number of Topliss-reactive ketones (excluding diaryl/α,β-unsaturated/α-hetero) is 1. The third-order valence-electron chi connectivity index (χ3n) is 4.77. The number of ether oxygens (including phenoxy) is 3. The monoisotopic (exact) mass is 456 g/mol. The number of aryl methyl sites for hydroxylation is 1. The minimum Gasteiger partial charge on any atom is -0.493 e. The van der Waals surface area contributed by atoms with Crippen molar-refractivity contribution in [1.82, 2.24) is 0 Å². The molecule has 1 aliphatic heterocycles. The summed E-state index contributed by atoms with van der Waals surface area (Å²) in [5.74, 6) is 0.465. The molecule has 7 heteroatoms. The van der Waals surface area contributed by atoms with E-state index >= 15 is 0 Å². The maximum atomic E-state index is 12.3. The molecule has 0 radical (unpaired) electrons. The number of unbranched alkanes of at least 4 members (excludes halogenated alkanes) is 2. The molecule has 2 rings (SSSR count). The number of fused-ring (bicyclic) bond motifs is 1. The number of benzene rings is 1. The summed E-state index contributed by atoms with van der Waals surface area (Å²) in [6, 6.07) is 3.50. The maximum absolute atomic E-state index is 12.3. The first kappa shape index (κ1) is 22.7. The first-order valence-electron chi connectivity index (χ1n) is 9.75. The lowest BCUT2D eigenvalue weighted by Gasteiger charge is -2.27. The molecular weight excluding hydrogens is 428 g/mol. The minimum absolute atomic E-state index is 0.0643. The first-order chi connectivity index (χ1) is 13.3. The fourth-order valence-electron chi connectivity index (χ4n) is 2.88. The smallest absolute Gasteiger partial charge is 0.347 e. The molecule has 0 aromatic heterocycles. The lowest BCUT2D eigenvalue weighted by Crippen LogP contribution is -2.37. The molecule has 1 heterocycles. The molecule has 0 saturated heterocycles. The number of esters is 1. The lowest BCUT2D eigenvalue weighted by molar-refractivity contribution is -0.162. The van der Waals surface area contributed by atoms with E-state index in [4.69, 9.17) is 14.2 Å². The van der Waals surface area contributed by atoms with Gasteiger partial charge in [-0.05, 0) is 64.5 Å². The van der Waals surface area contributed by atoms with Crippen LogP contribution in [0.2, 0.25) is 0 Å². The average Bonchev–Trinajstić information content (AvgIpc) is 2.66. The highest BCUT2D eigenvalue weighted by molar-refractivity contribution is 9.09.